The van der Waals surface area contributed by atoms with Gasteiger partial charge in [-0.25, -0.2) is 0 Å². The number of hydrogen-bond donors (Lipinski definition) is 1. The first-order valence-corrected chi connectivity index (χ1v) is 6.97. The van der Waals surface area contributed by atoms with Crippen molar-refractivity contribution in [1.82, 2.24) is 10.2 Å². The predicted molar refractivity (Wildman–Crippen MR) is 71.2 cm³/mol. The summed E-state index contributed by atoms with van der Waals surface area (Å²) in [6.45, 7) is 8.30. The maximum Gasteiger partial charge on any atom is 0.229 e. The van der Waals surface area contributed by atoms with Gasteiger partial charge in [0, 0.05) is 12.3 Å². The minimum atomic E-state index is 0.0393. The monoisotopic (exact) mass is 255 g/mol. The lowest BCUT2D eigenvalue weighted by Crippen LogP contribution is -2.20. The lowest BCUT2D eigenvalue weighted by atomic mass is 10.1. The number of nitrogens with one attached hydrogen (secondary N) is 1. The van der Waals surface area contributed by atoms with Gasteiger partial charge in [0.05, 0.1) is 0 Å². The Hall–Kier alpha value is -0.970. The predicted octanol–water partition coefficient (Wildman–Crippen LogP) is 3.11. The van der Waals surface area contributed by atoms with E-state index in [0.29, 0.717) is 11.0 Å². The molecule has 1 unspecified atom stereocenters. The van der Waals surface area contributed by atoms with Crippen LogP contribution in [0.1, 0.15) is 45.5 Å². The van der Waals surface area contributed by atoms with Gasteiger partial charge in [0.15, 0.2) is 0 Å². The summed E-state index contributed by atoms with van der Waals surface area (Å²) in [5.41, 5.74) is 0. The van der Waals surface area contributed by atoms with Gasteiger partial charge in [0.1, 0.15) is 5.01 Å². The van der Waals surface area contributed by atoms with E-state index in [1.54, 1.807) is 0 Å². The molecule has 4 nitrogen and oxygen atoms in total. The second-order valence-corrected chi connectivity index (χ2v) is 5.84. The van der Waals surface area contributed by atoms with Gasteiger partial charge in [-0.3, -0.25) is 4.79 Å². The minimum Gasteiger partial charge on any atom is -0.300 e. The molecule has 0 fully saturated rings. The van der Waals surface area contributed by atoms with E-state index in [1.807, 2.05) is 6.92 Å². The maximum absolute atomic E-state index is 11.8. The molecule has 0 saturated heterocycles. The van der Waals surface area contributed by atoms with Gasteiger partial charge in [-0.1, -0.05) is 45.5 Å². The fraction of sp³-hybridized carbons (Fsp3) is 0.750. The lowest BCUT2D eigenvalue weighted by Gasteiger charge is -2.07. The molecule has 0 aliphatic carbocycles. The first-order valence-electron chi connectivity index (χ1n) is 6.16. The van der Waals surface area contributed by atoms with E-state index < -0.39 is 0 Å². The number of aromatic nitrogens is 2. The molecule has 0 bridgehead atoms. The van der Waals surface area contributed by atoms with Crippen LogP contribution in [0, 0.1) is 11.8 Å². The number of anilines is 1. The summed E-state index contributed by atoms with van der Waals surface area (Å²) >= 11 is 1.47. The number of carbonyl (C=O) groups excluding carboxylic acids is 1. The highest BCUT2D eigenvalue weighted by molar-refractivity contribution is 7.15. The average Bonchev–Trinajstić information content (AvgIpc) is 2.64. The molecule has 5 heteroatoms. The summed E-state index contributed by atoms with van der Waals surface area (Å²) in [4.78, 5) is 11.8. The van der Waals surface area contributed by atoms with Crippen molar-refractivity contribution in [3.8, 4) is 0 Å². The van der Waals surface area contributed by atoms with Crippen LogP contribution in [0.25, 0.3) is 0 Å². The van der Waals surface area contributed by atoms with Gasteiger partial charge < -0.3 is 5.32 Å². The fourth-order valence-electron chi connectivity index (χ4n) is 1.53. The number of carbonyl (C=O) groups is 1. The van der Waals surface area contributed by atoms with E-state index in [1.165, 1.54) is 11.3 Å². The molecule has 17 heavy (non-hydrogen) atoms. The molecule has 0 aliphatic heterocycles. The zero-order valence-corrected chi connectivity index (χ0v) is 11.8. The van der Waals surface area contributed by atoms with Crippen LogP contribution >= 0.6 is 11.3 Å². The van der Waals surface area contributed by atoms with E-state index >= 15 is 0 Å². The Morgan fingerprint density at radius 1 is 1.35 bits per heavy atom. The third-order valence-corrected chi connectivity index (χ3v) is 3.31. The normalized spacial score (nSPS) is 12.8. The molecule has 1 heterocycles. The highest BCUT2D eigenvalue weighted by Crippen LogP contribution is 2.19. The molecule has 1 N–H and O–H groups in total. The summed E-state index contributed by atoms with van der Waals surface area (Å²) in [6.07, 6.45) is 2.84. The van der Waals surface area contributed by atoms with Crippen molar-refractivity contribution < 1.29 is 4.79 Å². The van der Waals surface area contributed by atoms with Crippen LogP contribution in [0.3, 0.4) is 0 Å². The summed E-state index contributed by atoms with van der Waals surface area (Å²) < 4.78 is 0. The largest absolute Gasteiger partial charge is 0.300 e. The van der Waals surface area contributed by atoms with E-state index in [9.17, 15) is 4.79 Å². The first-order chi connectivity index (χ1) is 8.02. The van der Waals surface area contributed by atoms with Crippen molar-refractivity contribution in [3.05, 3.63) is 5.01 Å². The zero-order chi connectivity index (χ0) is 12.8. The van der Waals surface area contributed by atoms with Crippen molar-refractivity contribution in [2.45, 2.75) is 47.0 Å². The lowest BCUT2D eigenvalue weighted by molar-refractivity contribution is -0.119. The molecule has 0 radical (unpaired) electrons. The third kappa shape index (κ3) is 4.81. The molecule has 0 aromatic carbocycles. The Morgan fingerprint density at radius 3 is 2.65 bits per heavy atom. The van der Waals surface area contributed by atoms with Crippen molar-refractivity contribution >= 4 is 22.4 Å². The summed E-state index contributed by atoms with van der Waals surface area (Å²) in [6, 6.07) is 0. The van der Waals surface area contributed by atoms with Crippen LogP contribution < -0.4 is 5.32 Å². The van der Waals surface area contributed by atoms with Gasteiger partial charge in [-0.05, 0) is 12.3 Å². The van der Waals surface area contributed by atoms with Crippen LogP contribution in [0.15, 0.2) is 0 Å². The summed E-state index contributed by atoms with van der Waals surface area (Å²) in [5.74, 6) is 0.641. The highest BCUT2D eigenvalue weighted by atomic mass is 32.1. The van der Waals surface area contributed by atoms with Crippen molar-refractivity contribution in [3.63, 3.8) is 0 Å². The second kappa shape index (κ2) is 6.69. The molecular formula is C12H21N3OS. The Kier molecular flexibility index (Phi) is 5.55. The number of nitrogens with zero attached hydrogens (tertiary/aromatic N) is 2. The van der Waals surface area contributed by atoms with E-state index in [2.05, 4.69) is 36.3 Å². The Morgan fingerprint density at radius 2 is 2.06 bits per heavy atom. The Labute approximate surface area is 107 Å². The molecule has 0 spiro atoms. The topological polar surface area (TPSA) is 54.9 Å². The van der Waals surface area contributed by atoms with E-state index in [0.717, 1.165) is 24.3 Å². The number of rotatable bonds is 6. The van der Waals surface area contributed by atoms with Crippen LogP contribution in [0.5, 0.6) is 0 Å². The molecular weight excluding hydrogens is 234 g/mol. The van der Waals surface area contributed by atoms with Crippen molar-refractivity contribution in [2.24, 2.45) is 11.8 Å². The quantitative estimate of drug-likeness (QED) is 0.849. The van der Waals surface area contributed by atoms with Gasteiger partial charge in [-0.2, -0.15) is 0 Å². The van der Waals surface area contributed by atoms with E-state index in [4.69, 9.17) is 0 Å². The molecule has 1 rings (SSSR count). The van der Waals surface area contributed by atoms with E-state index in [-0.39, 0.29) is 11.8 Å². The molecule has 1 atom stereocenters. The maximum atomic E-state index is 11.8. The zero-order valence-electron chi connectivity index (χ0n) is 11.0. The SMILES string of the molecule is CCCC(C)C(=O)Nc1nnc(CC(C)C)s1. The average molecular weight is 255 g/mol. The van der Waals surface area contributed by atoms with Crippen LogP contribution in [-0.4, -0.2) is 16.1 Å². The molecule has 1 aromatic rings. The van der Waals surface area contributed by atoms with Gasteiger partial charge in [-0.15, -0.1) is 10.2 Å². The number of hydrogen-bond acceptors (Lipinski definition) is 4. The van der Waals surface area contributed by atoms with Gasteiger partial charge in [0.25, 0.3) is 0 Å². The molecule has 0 aliphatic rings. The summed E-state index contributed by atoms with van der Waals surface area (Å²) in [5, 5.41) is 12.5. The fourth-order valence-corrected chi connectivity index (χ4v) is 2.48. The minimum absolute atomic E-state index is 0.0393. The van der Waals surface area contributed by atoms with Crippen LogP contribution in [0.2, 0.25) is 0 Å². The van der Waals surface area contributed by atoms with Crippen molar-refractivity contribution in [1.29, 1.82) is 0 Å². The number of amides is 1. The third-order valence-electron chi connectivity index (χ3n) is 2.45. The van der Waals surface area contributed by atoms with Crippen LogP contribution in [0.4, 0.5) is 5.13 Å². The van der Waals surface area contributed by atoms with Gasteiger partial charge >= 0.3 is 0 Å². The Balaban J connectivity index is 2.51. The first kappa shape index (κ1) is 14.1. The van der Waals surface area contributed by atoms with Crippen molar-refractivity contribution in [2.75, 3.05) is 5.32 Å². The summed E-state index contributed by atoms with van der Waals surface area (Å²) in [7, 11) is 0. The standard InChI is InChI=1S/C12H21N3OS/c1-5-6-9(4)11(16)13-12-15-14-10(17-12)7-8(2)3/h8-9H,5-7H2,1-4H3,(H,13,15,16). The smallest absolute Gasteiger partial charge is 0.229 e. The van der Waals surface area contributed by atoms with Crippen LogP contribution in [-0.2, 0) is 11.2 Å². The molecule has 0 saturated carbocycles. The highest BCUT2D eigenvalue weighted by Gasteiger charge is 2.14. The second-order valence-electron chi connectivity index (χ2n) is 4.78. The molecule has 1 amide bonds. The Bertz CT molecular complexity index is 362. The van der Waals surface area contributed by atoms with Gasteiger partial charge in [0.2, 0.25) is 11.0 Å². The molecule has 96 valence electrons. The molecule has 1 aromatic heterocycles.